The molecular formula is C17H21ClN4O4S. The molecule has 1 heterocycles. The van der Waals surface area contributed by atoms with Gasteiger partial charge in [0.05, 0.1) is 12.8 Å². The first-order valence-electron chi connectivity index (χ1n) is 8.11. The molecule has 2 aromatic rings. The van der Waals surface area contributed by atoms with Gasteiger partial charge in [-0.25, -0.2) is 23.2 Å². The fourth-order valence-corrected chi connectivity index (χ4v) is 3.14. The summed E-state index contributed by atoms with van der Waals surface area (Å²) < 4.78 is 25.6. The normalized spacial score (nSPS) is 11.8. The number of halogens is 1. The summed E-state index contributed by atoms with van der Waals surface area (Å²) in [4.78, 5) is 19.6. The van der Waals surface area contributed by atoms with Gasteiger partial charge in [0.2, 0.25) is 10.0 Å². The Morgan fingerprint density at radius 1 is 1.26 bits per heavy atom. The van der Waals surface area contributed by atoms with Crippen molar-refractivity contribution in [2.45, 2.75) is 33.0 Å². The van der Waals surface area contributed by atoms with Gasteiger partial charge in [0, 0.05) is 23.8 Å². The van der Waals surface area contributed by atoms with Gasteiger partial charge < -0.3 is 10.4 Å². The number of hydrogen-bond acceptors (Lipinski definition) is 6. The molecule has 2 rings (SSSR count). The summed E-state index contributed by atoms with van der Waals surface area (Å²) in [6, 6.07) is 6.78. The van der Waals surface area contributed by atoms with Crippen molar-refractivity contribution in [2.24, 2.45) is 0 Å². The van der Waals surface area contributed by atoms with Crippen LogP contribution in [0.2, 0.25) is 5.02 Å². The zero-order valence-corrected chi connectivity index (χ0v) is 16.8. The quantitative estimate of drug-likeness (QED) is 0.685. The lowest BCUT2D eigenvalue weighted by Gasteiger charge is -2.20. The standard InChI is InChI=1S/C17H21ClN4O4S/c1-11(2)20-16-14(17(23)24)8-19-15(21-16)10-22(27(3,25)26)9-12-4-6-13(18)7-5-12/h4-8,11H,9-10H2,1-3H3,(H,23,24)(H,19,20,21). The SMILES string of the molecule is CC(C)Nc1nc(CN(Cc2ccc(Cl)cc2)S(C)(=O)=O)ncc1C(=O)O. The van der Waals surface area contributed by atoms with Crippen LogP contribution < -0.4 is 5.32 Å². The maximum absolute atomic E-state index is 12.2. The third kappa shape index (κ3) is 6.16. The van der Waals surface area contributed by atoms with Crippen LogP contribution in [0.4, 0.5) is 5.82 Å². The summed E-state index contributed by atoms with van der Waals surface area (Å²) in [5.74, 6) is -0.809. The van der Waals surface area contributed by atoms with Gasteiger partial charge in [0.1, 0.15) is 17.2 Å². The minimum absolute atomic E-state index is 0.0501. The Morgan fingerprint density at radius 3 is 2.41 bits per heavy atom. The van der Waals surface area contributed by atoms with E-state index in [2.05, 4.69) is 15.3 Å². The second-order valence-electron chi connectivity index (χ2n) is 6.31. The highest BCUT2D eigenvalue weighted by Gasteiger charge is 2.21. The number of carboxylic acids is 1. The number of nitrogens with one attached hydrogen (secondary N) is 1. The maximum atomic E-state index is 12.2. The summed E-state index contributed by atoms with van der Waals surface area (Å²) in [7, 11) is -3.55. The molecule has 0 amide bonds. The van der Waals surface area contributed by atoms with Crippen LogP contribution in [0, 0.1) is 0 Å². The predicted molar refractivity (Wildman–Crippen MR) is 103 cm³/mol. The van der Waals surface area contributed by atoms with E-state index in [1.54, 1.807) is 24.3 Å². The third-order valence-electron chi connectivity index (χ3n) is 3.55. The highest BCUT2D eigenvalue weighted by atomic mass is 35.5. The molecule has 1 aromatic carbocycles. The van der Waals surface area contributed by atoms with Crippen molar-refractivity contribution in [1.29, 1.82) is 0 Å². The lowest BCUT2D eigenvalue weighted by Crippen LogP contribution is -2.30. The molecule has 8 nitrogen and oxygen atoms in total. The number of benzene rings is 1. The Balaban J connectivity index is 2.31. The van der Waals surface area contributed by atoms with E-state index in [1.807, 2.05) is 13.8 Å². The van der Waals surface area contributed by atoms with Gasteiger partial charge in [0.25, 0.3) is 0 Å². The van der Waals surface area contributed by atoms with E-state index < -0.39 is 16.0 Å². The average molecular weight is 413 g/mol. The first-order chi connectivity index (χ1) is 12.6. The van der Waals surface area contributed by atoms with Gasteiger partial charge in [-0.3, -0.25) is 0 Å². The van der Waals surface area contributed by atoms with Crippen molar-refractivity contribution >= 4 is 33.4 Å². The van der Waals surface area contributed by atoms with Gasteiger partial charge in [-0.05, 0) is 31.5 Å². The fraction of sp³-hybridized carbons (Fsp3) is 0.353. The molecule has 1 aromatic heterocycles. The number of aromatic carboxylic acids is 1. The second-order valence-corrected chi connectivity index (χ2v) is 8.73. The molecule has 10 heteroatoms. The van der Waals surface area contributed by atoms with E-state index >= 15 is 0 Å². The van der Waals surface area contributed by atoms with E-state index in [9.17, 15) is 18.3 Å². The van der Waals surface area contributed by atoms with Crippen LogP contribution in [0.25, 0.3) is 0 Å². The van der Waals surface area contributed by atoms with Gasteiger partial charge in [-0.15, -0.1) is 0 Å². The molecule has 0 aliphatic rings. The molecule has 27 heavy (non-hydrogen) atoms. The van der Waals surface area contributed by atoms with E-state index in [0.29, 0.717) is 5.02 Å². The minimum Gasteiger partial charge on any atom is -0.477 e. The molecule has 2 N–H and O–H groups in total. The summed E-state index contributed by atoms with van der Waals surface area (Å²) >= 11 is 5.86. The Morgan fingerprint density at radius 2 is 1.89 bits per heavy atom. The van der Waals surface area contributed by atoms with Crippen molar-refractivity contribution in [1.82, 2.24) is 14.3 Å². The predicted octanol–water partition coefficient (Wildman–Crippen LogP) is 2.61. The fourth-order valence-electron chi connectivity index (χ4n) is 2.28. The molecule has 0 saturated heterocycles. The maximum Gasteiger partial charge on any atom is 0.341 e. The van der Waals surface area contributed by atoms with Crippen molar-refractivity contribution in [3.8, 4) is 0 Å². The largest absolute Gasteiger partial charge is 0.477 e. The molecule has 0 bridgehead atoms. The van der Waals surface area contributed by atoms with Crippen LogP contribution in [0.5, 0.6) is 0 Å². The van der Waals surface area contributed by atoms with Crippen LogP contribution >= 0.6 is 11.6 Å². The van der Waals surface area contributed by atoms with Crippen molar-refractivity contribution < 1.29 is 18.3 Å². The highest BCUT2D eigenvalue weighted by Crippen LogP contribution is 2.17. The molecule has 0 saturated carbocycles. The van der Waals surface area contributed by atoms with Crippen LogP contribution in [0.15, 0.2) is 30.5 Å². The Bertz CT molecular complexity index is 917. The average Bonchev–Trinajstić information content (AvgIpc) is 2.54. The summed E-state index contributed by atoms with van der Waals surface area (Å²) in [5, 5.41) is 12.8. The summed E-state index contributed by atoms with van der Waals surface area (Å²) in [6.45, 7) is 3.72. The Hall–Kier alpha value is -2.23. The van der Waals surface area contributed by atoms with E-state index in [4.69, 9.17) is 11.6 Å². The van der Waals surface area contributed by atoms with Crippen molar-refractivity contribution in [2.75, 3.05) is 11.6 Å². The number of aromatic nitrogens is 2. The molecule has 0 aliphatic carbocycles. The lowest BCUT2D eigenvalue weighted by atomic mass is 10.2. The number of rotatable bonds is 8. The smallest absolute Gasteiger partial charge is 0.341 e. The zero-order chi connectivity index (χ0) is 20.2. The van der Waals surface area contributed by atoms with Crippen molar-refractivity contribution in [3.05, 3.63) is 52.4 Å². The number of nitrogens with zero attached hydrogens (tertiary/aromatic N) is 3. The Labute approximate surface area is 163 Å². The zero-order valence-electron chi connectivity index (χ0n) is 15.2. The lowest BCUT2D eigenvalue weighted by molar-refractivity contribution is 0.0697. The molecule has 0 radical (unpaired) electrons. The van der Waals surface area contributed by atoms with Crippen LogP contribution in [-0.2, 0) is 23.1 Å². The number of hydrogen-bond donors (Lipinski definition) is 2. The van der Waals surface area contributed by atoms with Crippen LogP contribution in [-0.4, -0.2) is 46.1 Å². The van der Waals surface area contributed by atoms with E-state index in [1.165, 1.54) is 10.5 Å². The second kappa shape index (κ2) is 8.64. The molecule has 0 atom stereocenters. The number of carbonyl (C=O) groups is 1. The number of carboxylic acid groups (broad SMARTS) is 1. The summed E-state index contributed by atoms with van der Waals surface area (Å²) in [6.07, 6.45) is 2.28. The highest BCUT2D eigenvalue weighted by molar-refractivity contribution is 7.88. The van der Waals surface area contributed by atoms with E-state index in [-0.39, 0.29) is 36.3 Å². The number of sulfonamides is 1. The molecule has 0 aliphatic heterocycles. The molecule has 146 valence electrons. The third-order valence-corrected chi connectivity index (χ3v) is 5.00. The first kappa shape index (κ1) is 21.1. The van der Waals surface area contributed by atoms with Gasteiger partial charge in [0.15, 0.2) is 0 Å². The molecule has 0 spiro atoms. The van der Waals surface area contributed by atoms with Gasteiger partial charge in [-0.2, -0.15) is 4.31 Å². The number of anilines is 1. The summed E-state index contributed by atoms with van der Waals surface area (Å²) in [5.41, 5.74) is 0.684. The van der Waals surface area contributed by atoms with Crippen LogP contribution in [0.3, 0.4) is 0 Å². The minimum atomic E-state index is -3.55. The Kier molecular flexibility index (Phi) is 6.74. The monoisotopic (exact) mass is 412 g/mol. The van der Waals surface area contributed by atoms with Crippen LogP contribution in [0.1, 0.15) is 35.6 Å². The first-order valence-corrected chi connectivity index (χ1v) is 10.3. The van der Waals surface area contributed by atoms with Gasteiger partial charge >= 0.3 is 5.97 Å². The van der Waals surface area contributed by atoms with E-state index in [0.717, 1.165) is 11.8 Å². The topological polar surface area (TPSA) is 112 Å². The molecule has 0 unspecified atom stereocenters. The molecule has 0 fully saturated rings. The van der Waals surface area contributed by atoms with Gasteiger partial charge in [-0.1, -0.05) is 23.7 Å². The van der Waals surface area contributed by atoms with Crippen molar-refractivity contribution in [3.63, 3.8) is 0 Å². The molecular weight excluding hydrogens is 392 g/mol.